The molecule has 1 N–H and O–H groups in total. The van der Waals surface area contributed by atoms with Crippen LogP contribution in [0.15, 0.2) is 4.52 Å². The van der Waals surface area contributed by atoms with Gasteiger partial charge in [0.05, 0.1) is 24.4 Å². The maximum atomic E-state index is 13.2. The Balaban J connectivity index is 1.62. The van der Waals surface area contributed by atoms with E-state index in [1.54, 1.807) is 0 Å². The number of carbonyl (C=O) groups is 2. The Morgan fingerprint density at radius 3 is 2.86 bits per heavy atom. The van der Waals surface area contributed by atoms with Crippen molar-refractivity contribution in [2.24, 2.45) is 0 Å². The second-order valence-corrected chi connectivity index (χ2v) is 8.75. The molecule has 1 atom stereocenters. The summed E-state index contributed by atoms with van der Waals surface area (Å²) in [5, 5.41) is 7.75. The number of aryl methyl sites for hydroxylation is 3. The molecule has 7 nitrogen and oxygen atoms in total. The van der Waals surface area contributed by atoms with E-state index in [4.69, 9.17) is 9.26 Å². The van der Waals surface area contributed by atoms with Crippen molar-refractivity contribution in [1.82, 2.24) is 10.1 Å². The van der Waals surface area contributed by atoms with Crippen LogP contribution in [-0.2, 0) is 24.0 Å². The van der Waals surface area contributed by atoms with Crippen LogP contribution in [0.4, 0.5) is 9.80 Å². The number of anilines is 1. The van der Waals surface area contributed by atoms with Gasteiger partial charge in [0.2, 0.25) is 0 Å². The average Bonchev–Trinajstić information content (AvgIpc) is 3.43. The summed E-state index contributed by atoms with van der Waals surface area (Å²) in [6.45, 7) is 4.62. The van der Waals surface area contributed by atoms with Crippen LogP contribution in [0.3, 0.4) is 0 Å². The summed E-state index contributed by atoms with van der Waals surface area (Å²) in [6.07, 6.45) is 6.53. The summed E-state index contributed by atoms with van der Waals surface area (Å²) >= 11 is 1.51. The monoisotopic (exact) mass is 417 g/mol. The molecule has 29 heavy (non-hydrogen) atoms. The van der Waals surface area contributed by atoms with Crippen molar-refractivity contribution in [3.8, 4) is 0 Å². The number of urea groups is 1. The van der Waals surface area contributed by atoms with Gasteiger partial charge in [0, 0.05) is 23.4 Å². The van der Waals surface area contributed by atoms with Crippen molar-refractivity contribution in [3.63, 3.8) is 0 Å². The van der Waals surface area contributed by atoms with Gasteiger partial charge in [-0.1, -0.05) is 12.1 Å². The standard InChI is InChI=1S/C21H27N3O4S/c1-4-15-17(12(2)23-28-15)14-9-7-11-24(14)21(26)22-19-18(20(25)27-3)13-8-5-6-10-16(13)29-19/h14H,4-11H2,1-3H3,(H,22,26)/t14-/m1/s1. The lowest BCUT2D eigenvalue weighted by atomic mass is 9.95. The highest BCUT2D eigenvalue weighted by atomic mass is 32.1. The predicted octanol–water partition coefficient (Wildman–Crippen LogP) is 4.64. The van der Waals surface area contributed by atoms with Crippen molar-refractivity contribution >= 4 is 28.3 Å². The second kappa shape index (κ2) is 8.18. The molecule has 8 heteroatoms. The summed E-state index contributed by atoms with van der Waals surface area (Å²) in [4.78, 5) is 28.7. The van der Waals surface area contributed by atoms with Crippen molar-refractivity contribution in [1.29, 1.82) is 0 Å². The van der Waals surface area contributed by atoms with Crippen molar-refractivity contribution < 1.29 is 18.8 Å². The first-order valence-electron chi connectivity index (χ1n) is 10.3. The van der Waals surface area contributed by atoms with Gasteiger partial charge < -0.3 is 14.2 Å². The van der Waals surface area contributed by atoms with Crippen LogP contribution in [0.5, 0.6) is 0 Å². The van der Waals surface area contributed by atoms with Gasteiger partial charge in [-0.25, -0.2) is 9.59 Å². The zero-order valence-electron chi connectivity index (χ0n) is 17.2. The van der Waals surface area contributed by atoms with E-state index in [1.807, 2.05) is 18.7 Å². The Labute approximate surface area is 174 Å². The van der Waals surface area contributed by atoms with Crippen LogP contribution in [-0.4, -0.2) is 35.7 Å². The lowest BCUT2D eigenvalue weighted by molar-refractivity contribution is 0.0601. The number of hydrogen-bond donors (Lipinski definition) is 1. The van der Waals surface area contributed by atoms with E-state index in [9.17, 15) is 9.59 Å². The van der Waals surface area contributed by atoms with E-state index in [2.05, 4.69) is 10.5 Å². The van der Waals surface area contributed by atoms with Crippen LogP contribution < -0.4 is 5.32 Å². The molecule has 0 saturated carbocycles. The van der Waals surface area contributed by atoms with Crippen LogP contribution >= 0.6 is 11.3 Å². The van der Waals surface area contributed by atoms with Crippen molar-refractivity contribution in [3.05, 3.63) is 33.0 Å². The third-order valence-corrected chi connectivity index (χ3v) is 7.14. The minimum atomic E-state index is -0.374. The van der Waals surface area contributed by atoms with E-state index in [0.29, 0.717) is 17.1 Å². The van der Waals surface area contributed by atoms with E-state index in [0.717, 1.165) is 67.5 Å². The first-order chi connectivity index (χ1) is 14.0. The SMILES string of the molecule is CCc1onc(C)c1[C@H]1CCCN1C(=O)Nc1sc2c(c1C(=O)OC)CCCC2. The Hall–Kier alpha value is -2.35. The number of ether oxygens (including phenoxy) is 1. The Bertz CT molecular complexity index is 933. The quantitative estimate of drug-likeness (QED) is 0.733. The summed E-state index contributed by atoms with van der Waals surface area (Å²) in [6, 6.07) is -0.230. The molecule has 0 radical (unpaired) electrons. The Morgan fingerprint density at radius 1 is 1.31 bits per heavy atom. The van der Waals surface area contributed by atoms with Gasteiger partial charge in [-0.15, -0.1) is 11.3 Å². The maximum absolute atomic E-state index is 13.2. The van der Waals surface area contributed by atoms with Gasteiger partial charge in [-0.05, 0) is 51.0 Å². The fraction of sp³-hybridized carbons (Fsp3) is 0.571. The number of aromatic nitrogens is 1. The zero-order chi connectivity index (χ0) is 20.5. The average molecular weight is 418 g/mol. The molecule has 1 saturated heterocycles. The zero-order valence-corrected chi connectivity index (χ0v) is 18.0. The summed E-state index contributed by atoms with van der Waals surface area (Å²) in [7, 11) is 1.39. The molecule has 1 aliphatic heterocycles. The van der Waals surface area contributed by atoms with E-state index in [1.165, 1.54) is 23.3 Å². The van der Waals surface area contributed by atoms with E-state index >= 15 is 0 Å². The molecule has 2 aromatic heterocycles. The first kappa shape index (κ1) is 19.9. The molecule has 4 rings (SSSR count). The number of hydrogen-bond acceptors (Lipinski definition) is 6. The topological polar surface area (TPSA) is 84.7 Å². The highest BCUT2D eigenvalue weighted by Crippen LogP contribution is 2.40. The molecule has 2 aliphatic rings. The number of likely N-dealkylation sites (tertiary alicyclic amines) is 1. The lowest BCUT2D eigenvalue weighted by Crippen LogP contribution is -2.35. The fourth-order valence-corrected chi connectivity index (χ4v) is 5.82. The normalized spacial score (nSPS) is 18.6. The highest BCUT2D eigenvalue weighted by molar-refractivity contribution is 7.17. The molecule has 1 fully saturated rings. The smallest absolute Gasteiger partial charge is 0.341 e. The third kappa shape index (κ3) is 3.54. The first-order valence-corrected chi connectivity index (χ1v) is 11.1. The second-order valence-electron chi connectivity index (χ2n) is 7.65. The van der Waals surface area contributed by atoms with Crippen LogP contribution in [0.25, 0.3) is 0 Å². The number of rotatable bonds is 4. The van der Waals surface area contributed by atoms with E-state index in [-0.39, 0.29) is 18.0 Å². The molecule has 0 bridgehead atoms. The number of amides is 2. The molecular formula is C21H27N3O4S. The third-order valence-electron chi connectivity index (χ3n) is 5.93. The van der Waals surface area contributed by atoms with Crippen LogP contribution in [0, 0.1) is 6.92 Å². The summed E-state index contributed by atoms with van der Waals surface area (Å²) in [5.74, 6) is 0.467. The fourth-order valence-electron chi connectivity index (χ4n) is 4.56. The molecule has 3 heterocycles. The van der Waals surface area contributed by atoms with Gasteiger partial charge in [0.15, 0.2) is 0 Å². The number of fused-ring (bicyclic) bond motifs is 1. The molecule has 1 aliphatic carbocycles. The van der Waals surface area contributed by atoms with Gasteiger partial charge in [0.25, 0.3) is 0 Å². The molecule has 0 aromatic carbocycles. The van der Waals surface area contributed by atoms with Gasteiger partial charge in [0.1, 0.15) is 10.8 Å². The number of carbonyl (C=O) groups excluding carboxylic acids is 2. The Morgan fingerprint density at radius 2 is 2.10 bits per heavy atom. The molecule has 156 valence electrons. The predicted molar refractivity (Wildman–Crippen MR) is 111 cm³/mol. The number of methoxy groups -OCH3 is 1. The van der Waals surface area contributed by atoms with Crippen LogP contribution in [0.2, 0.25) is 0 Å². The lowest BCUT2D eigenvalue weighted by Gasteiger charge is -2.25. The number of esters is 1. The van der Waals surface area contributed by atoms with Crippen molar-refractivity contribution in [2.75, 3.05) is 19.0 Å². The molecular weight excluding hydrogens is 390 g/mol. The van der Waals surface area contributed by atoms with E-state index < -0.39 is 0 Å². The number of nitrogens with zero attached hydrogens (tertiary/aromatic N) is 2. The largest absolute Gasteiger partial charge is 0.465 e. The van der Waals surface area contributed by atoms with Crippen LogP contribution in [0.1, 0.15) is 76.5 Å². The minimum absolute atomic E-state index is 0.0487. The maximum Gasteiger partial charge on any atom is 0.341 e. The number of nitrogens with one attached hydrogen (secondary N) is 1. The van der Waals surface area contributed by atoms with Gasteiger partial charge in [-0.3, -0.25) is 5.32 Å². The minimum Gasteiger partial charge on any atom is -0.465 e. The molecule has 2 aromatic rings. The van der Waals surface area contributed by atoms with Gasteiger partial charge >= 0.3 is 12.0 Å². The van der Waals surface area contributed by atoms with Crippen molar-refractivity contribution in [2.45, 2.75) is 64.8 Å². The number of thiophene rings is 1. The summed E-state index contributed by atoms with van der Waals surface area (Å²) in [5.41, 5.74) is 3.45. The molecule has 2 amide bonds. The summed E-state index contributed by atoms with van der Waals surface area (Å²) < 4.78 is 10.5. The Kier molecular flexibility index (Phi) is 5.63. The molecule has 0 spiro atoms. The highest BCUT2D eigenvalue weighted by Gasteiger charge is 2.35. The molecule has 0 unspecified atom stereocenters. The van der Waals surface area contributed by atoms with Gasteiger partial charge in [-0.2, -0.15) is 0 Å².